The average molecular weight is 317 g/mol. The van der Waals surface area contributed by atoms with Gasteiger partial charge in [0.1, 0.15) is 0 Å². The second kappa shape index (κ2) is 6.36. The SMILES string of the molecule is Cn1ccc(C(=O)N2CCC(NC(=O)c3ccsc3)CC2)c1. The van der Waals surface area contributed by atoms with Gasteiger partial charge in [0.25, 0.3) is 11.8 Å². The first kappa shape index (κ1) is 14.8. The number of carbonyl (C=O) groups is 2. The number of aryl methyl sites for hydroxylation is 1. The molecule has 1 N–H and O–H groups in total. The average Bonchev–Trinajstić information content (AvgIpc) is 3.18. The molecule has 0 unspecified atom stereocenters. The third-order valence-electron chi connectivity index (χ3n) is 3.98. The Labute approximate surface area is 133 Å². The minimum Gasteiger partial charge on any atom is -0.356 e. The van der Waals surface area contributed by atoms with Gasteiger partial charge < -0.3 is 14.8 Å². The number of amides is 2. The molecule has 3 rings (SSSR count). The predicted octanol–water partition coefficient (Wildman–Crippen LogP) is 2.12. The zero-order valence-electron chi connectivity index (χ0n) is 12.5. The molecule has 1 aliphatic heterocycles. The minimum atomic E-state index is -0.0194. The molecule has 116 valence electrons. The van der Waals surface area contributed by atoms with Crippen LogP contribution in [-0.4, -0.2) is 40.4 Å². The van der Waals surface area contributed by atoms with E-state index in [0.29, 0.717) is 18.7 Å². The molecule has 1 saturated heterocycles. The van der Waals surface area contributed by atoms with Crippen LogP contribution in [0.15, 0.2) is 35.3 Å². The van der Waals surface area contributed by atoms with Crippen LogP contribution in [-0.2, 0) is 7.05 Å². The van der Waals surface area contributed by atoms with Gasteiger partial charge >= 0.3 is 0 Å². The van der Waals surface area contributed by atoms with Crippen molar-refractivity contribution in [2.45, 2.75) is 18.9 Å². The Kier molecular flexibility index (Phi) is 4.29. The number of piperidine rings is 1. The number of carbonyl (C=O) groups excluding carboxylic acids is 2. The lowest BCUT2D eigenvalue weighted by Crippen LogP contribution is -2.46. The number of likely N-dealkylation sites (tertiary alicyclic amines) is 1. The highest BCUT2D eigenvalue weighted by atomic mass is 32.1. The van der Waals surface area contributed by atoms with E-state index in [1.165, 1.54) is 11.3 Å². The van der Waals surface area contributed by atoms with Gasteiger partial charge in [-0.25, -0.2) is 0 Å². The molecule has 1 aliphatic rings. The van der Waals surface area contributed by atoms with E-state index in [-0.39, 0.29) is 17.9 Å². The van der Waals surface area contributed by atoms with Gasteiger partial charge in [-0.1, -0.05) is 0 Å². The van der Waals surface area contributed by atoms with Crippen molar-refractivity contribution in [3.63, 3.8) is 0 Å². The highest BCUT2D eigenvalue weighted by Gasteiger charge is 2.25. The lowest BCUT2D eigenvalue weighted by molar-refractivity contribution is 0.0698. The third-order valence-corrected chi connectivity index (χ3v) is 4.66. The molecule has 0 atom stereocenters. The Balaban J connectivity index is 1.52. The summed E-state index contributed by atoms with van der Waals surface area (Å²) in [7, 11) is 1.91. The van der Waals surface area contributed by atoms with E-state index < -0.39 is 0 Å². The summed E-state index contributed by atoms with van der Waals surface area (Å²) in [6.07, 6.45) is 5.32. The summed E-state index contributed by atoms with van der Waals surface area (Å²) < 4.78 is 1.88. The van der Waals surface area contributed by atoms with Crippen LogP contribution in [0.25, 0.3) is 0 Å². The van der Waals surface area contributed by atoms with Crippen molar-refractivity contribution in [2.24, 2.45) is 7.05 Å². The molecule has 1 fully saturated rings. The Morgan fingerprint density at radius 3 is 2.59 bits per heavy atom. The number of thiophene rings is 1. The van der Waals surface area contributed by atoms with Crippen LogP contribution in [0.5, 0.6) is 0 Å². The quantitative estimate of drug-likeness (QED) is 0.943. The van der Waals surface area contributed by atoms with E-state index in [0.717, 1.165) is 18.4 Å². The molecular formula is C16H19N3O2S. The lowest BCUT2D eigenvalue weighted by atomic mass is 10.0. The smallest absolute Gasteiger partial charge is 0.255 e. The van der Waals surface area contributed by atoms with E-state index in [9.17, 15) is 9.59 Å². The molecule has 0 saturated carbocycles. The van der Waals surface area contributed by atoms with Gasteiger partial charge in [0.2, 0.25) is 0 Å². The first-order valence-corrected chi connectivity index (χ1v) is 8.32. The van der Waals surface area contributed by atoms with Crippen LogP contribution in [0, 0.1) is 0 Å². The molecule has 0 spiro atoms. The Hall–Kier alpha value is -2.08. The van der Waals surface area contributed by atoms with Gasteiger partial charge in [-0.15, -0.1) is 0 Å². The van der Waals surface area contributed by atoms with Crippen LogP contribution < -0.4 is 5.32 Å². The summed E-state index contributed by atoms with van der Waals surface area (Å²) in [4.78, 5) is 26.2. The van der Waals surface area contributed by atoms with Crippen LogP contribution in [0.2, 0.25) is 0 Å². The number of hydrogen-bond donors (Lipinski definition) is 1. The first-order chi connectivity index (χ1) is 10.6. The van der Waals surface area contributed by atoms with Crippen molar-refractivity contribution in [1.29, 1.82) is 0 Å². The maximum atomic E-state index is 12.4. The monoisotopic (exact) mass is 317 g/mol. The van der Waals surface area contributed by atoms with Gasteiger partial charge in [0.15, 0.2) is 0 Å². The molecule has 2 aromatic heterocycles. The first-order valence-electron chi connectivity index (χ1n) is 7.38. The molecule has 3 heterocycles. The number of hydrogen-bond acceptors (Lipinski definition) is 3. The minimum absolute atomic E-state index is 0.0194. The van der Waals surface area contributed by atoms with E-state index in [2.05, 4.69) is 5.32 Å². The Morgan fingerprint density at radius 1 is 1.23 bits per heavy atom. The van der Waals surface area contributed by atoms with Crippen molar-refractivity contribution in [3.05, 3.63) is 46.4 Å². The van der Waals surface area contributed by atoms with Gasteiger partial charge in [-0.05, 0) is 30.4 Å². The molecule has 0 aliphatic carbocycles. The van der Waals surface area contributed by atoms with Gasteiger partial charge in [-0.3, -0.25) is 9.59 Å². The fraction of sp³-hybridized carbons (Fsp3) is 0.375. The van der Waals surface area contributed by atoms with E-state index >= 15 is 0 Å². The normalized spacial score (nSPS) is 15.8. The number of aromatic nitrogens is 1. The van der Waals surface area contributed by atoms with Crippen LogP contribution in [0.3, 0.4) is 0 Å². The van der Waals surface area contributed by atoms with E-state index in [1.807, 2.05) is 51.8 Å². The molecule has 0 bridgehead atoms. The number of nitrogens with zero attached hydrogens (tertiary/aromatic N) is 2. The number of nitrogens with one attached hydrogen (secondary N) is 1. The lowest BCUT2D eigenvalue weighted by Gasteiger charge is -2.32. The summed E-state index contributed by atoms with van der Waals surface area (Å²) in [6.45, 7) is 1.37. The summed E-state index contributed by atoms with van der Waals surface area (Å²) in [5.74, 6) is 0.0531. The topological polar surface area (TPSA) is 54.3 Å². The standard InChI is InChI=1S/C16H19N3O2S/c1-18-6-2-12(10-18)16(21)19-7-3-14(4-8-19)17-15(20)13-5-9-22-11-13/h2,5-6,9-11,14H,3-4,7-8H2,1H3,(H,17,20). The van der Waals surface area contributed by atoms with Crippen molar-refractivity contribution in [1.82, 2.24) is 14.8 Å². The highest BCUT2D eigenvalue weighted by molar-refractivity contribution is 7.08. The predicted molar refractivity (Wildman–Crippen MR) is 86.1 cm³/mol. The fourth-order valence-electron chi connectivity index (χ4n) is 2.70. The van der Waals surface area contributed by atoms with E-state index in [1.54, 1.807) is 0 Å². The van der Waals surface area contributed by atoms with E-state index in [4.69, 9.17) is 0 Å². The van der Waals surface area contributed by atoms with Crippen LogP contribution in [0.1, 0.15) is 33.6 Å². The maximum Gasteiger partial charge on any atom is 0.255 e. The third kappa shape index (κ3) is 3.22. The second-order valence-corrected chi connectivity index (χ2v) is 6.40. The largest absolute Gasteiger partial charge is 0.356 e. The van der Waals surface area contributed by atoms with Crippen LogP contribution in [0.4, 0.5) is 0 Å². The van der Waals surface area contributed by atoms with Gasteiger partial charge in [0, 0.05) is 49.5 Å². The molecule has 2 aromatic rings. The molecule has 2 amide bonds. The summed E-state index contributed by atoms with van der Waals surface area (Å²) in [5, 5.41) is 6.80. The zero-order chi connectivity index (χ0) is 15.5. The van der Waals surface area contributed by atoms with Crippen LogP contribution >= 0.6 is 11.3 Å². The molecule has 0 radical (unpaired) electrons. The highest BCUT2D eigenvalue weighted by Crippen LogP contribution is 2.15. The van der Waals surface area contributed by atoms with Crippen molar-refractivity contribution in [3.8, 4) is 0 Å². The molecular weight excluding hydrogens is 298 g/mol. The fourth-order valence-corrected chi connectivity index (χ4v) is 3.34. The molecule has 22 heavy (non-hydrogen) atoms. The van der Waals surface area contributed by atoms with Crippen molar-refractivity contribution >= 4 is 23.2 Å². The maximum absolute atomic E-state index is 12.4. The Bertz CT molecular complexity index is 655. The molecule has 0 aromatic carbocycles. The van der Waals surface area contributed by atoms with Gasteiger partial charge in [0.05, 0.1) is 5.56 Å². The summed E-state index contributed by atoms with van der Waals surface area (Å²) in [6, 6.07) is 3.81. The zero-order valence-corrected chi connectivity index (χ0v) is 13.3. The molecule has 6 heteroatoms. The summed E-state index contributed by atoms with van der Waals surface area (Å²) >= 11 is 1.52. The van der Waals surface area contributed by atoms with Crippen molar-refractivity contribution < 1.29 is 9.59 Å². The Morgan fingerprint density at radius 2 is 2.00 bits per heavy atom. The van der Waals surface area contributed by atoms with Crippen molar-refractivity contribution in [2.75, 3.05) is 13.1 Å². The second-order valence-electron chi connectivity index (χ2n) is 5.62. The van der Waals surface area contributed by atoms with Gasteiger partial charge in [-0.2, -0.15) is 11.3 Å². The number of rotatable bonds is 3. The summed E-state index contributed by atoms with van der Waals surface area (Å²) in [5.41, 5.74) is 1.44. The molecule has 5 nitrogen and oxygen atoms in total.